The highest BCUT2D eigenvalue weighted by Gasteiger charge is 2.10. The van der Waals surface area contributed by atoms with Crippen molar-refractivity contribution in [2.24, 2.45) is 0 Å². The lowest BCUT2D eigenvalue weighted by Gasteiger charge is -2.09. The van der Waals surface area contributed by atoms with Crippen molar-refractivity contribution in [2.45, 2.75) is 24.8 Å². The van der Waals surface area contributed by atoms with Crippen LogP contribution in [0.5, 0.6) is 0 Å². The van der Waals surface area contributed by atoms with Gasteiger partial charge in [0.25, 0.3) is 0 Å². The molecule has 0 heterocycles. The van der Waals surface area contributed by atoms with Crippen LogP contribution in [0.4, 0.5) is 0 Å². The Morgan fingerprint density at radius 1 is 1.38 bits per heavy atom. The van der Waals surface area contributed by atoms with Gasteiger partial charge in [0.05, 0.1) is 21.9 Å². The third-order valence-corrected chi connectivity index (χ3v) is 3.58. The highest BCUT2D eigenvalue weighted by molar-refractivity contribution is 8.00. The third-order valence-electron chi connectivity index (χ3n) is 1.62. The molecule has 0 radical (unpaired) electrons. The minimum Gasteiger partial charge on any atom is -0.462 e. The van der Waals surface area contributed by atoms with E-state index in [2.05, 4.69) is 0 Å². The first-order valence-corrected chi connectivity index (χ1v) is 6.51. The normalized spacial score (nSPS) is 10.6. The summed E-state index contributed by atoms with van der Waals surface area (Å²) in [4.78, 5) is 12.0. The van der Waals surface area contributed by atoms with E-state index in [1.54, 1.807) is 18.2 Å². The quantitative estimate of drug-likeness (QED) is 0.614. The van der Waals surface area contributed by atoms with Crippen LogP contribution in [0, 0.1) is 0 Å². The molecule has 0 fully saturated rings. The molecule has 2 nitrogen and oxygen atoms in total. The van der Waals surface area contributed by atoms with E-state index in [0.29, 0.717) is 14.9 Å². The Labute approximate surface area is 109 Å². The summed E-state index contributed by atoms with van der Waals surface area (Å²) in [6.07, 6.45) is -0.102. The van der Waals surface area contributed by atoms with Crippen molar-refractivity contribution in [3.8, 4) is 0 Å². The van der Waals surface area contributed by atoms with Gasteiger partial charge in [0, 0.05) is 4.90 Å². The fraction of sp³-hybridized carbons (Fsp3) is 0.364. The lowest BCUT2D eigenvalue weighted by molar-refractivity contribution is -0.144. The molecule has 88 valence electrons. The number of ether oxygens (including phenoxy) is 1. The Balaban J connectivity index is 2.58. The highest BCUT2D eigenvalue weighted by atomic mass is 35.5. The molecule has 0 amide bonds. The zero-order chi connectivity index (χ0) is 12.1. The molecule has 1 aromatic rings. The molecule has 0 N–H and O–H groups in total. The van der Waals surface area contributed by atoms with E-state index in [0.717, 1.165) is 0 Å². The molecule has 1 aromatic carbocycles. The summed E-state index contributed by atoms with van der Waals surface area (Å²) in [7, 11) is 0. The van der Waals surface area contributed by atoms with E-state index in [9.17, 15) is 4.79 Å². The number of carbonyl (C=O) groups is 1. The topological polar surface area (TPSA) is 26.3 Å². The number of benzene rings is 1. The van der Waals surface area contributed by atoms with Crippen molar-refractivity contribution >= 4 is 40.9 Å². The SMILES string of the molecule is CC(C)OC(=O)CSc1c(Cl)cccc1Cl. The molecule has 0 spiro atoms. The predicted octanol–water partition coefficient (Wildman–Crippen LogP) is 4.04. The van der Waals surface area contributed by atoms with Crippen molar-refractivity contribution in [3.63, 3.8) is 0 Å². The molecule has 0 aliphatic heterocycles. The summed E-state index contributed by atoms with van der Waals surface area (Å²) < 4.78 is 5.01. The molecule has 0 unspecified atom stereocenters. The van der Waals surface area contributed by atoms with Crippen molar-refractivity contribution in [1.29, 1.82) is 0 Å². The fourth-order valence-corrected chi connectivity index (χ4v) is 2.52. The standard InChI is InChI=1S/C11H12Cl2O2S/c1-7(2)15-10(14)6-16-11-8(12)4-3-5-9(11)13/h3-5,7H,6H2,1-2H3. The number of hydrogen-bond acceptors (Lipinski definition) is 3. The van der Waals surface area contributed by atoms with Crippen LogP contribution in [0.15, 0.2) is 23.1 Å². The lowest BCUT2D eigenvalue weighted by Crippen LogP contribution is -2.13. The van der Waals surface area contributed by atoms with Gasteiger partial charge in [-0.3, -0.25) is 4.79 Å². The maximum Gasteiger partial charge on any atom is 0.316 e. The molecule has 0 saturated carbocycles. The van der Waals surface area contributed by atoms with Gasteiger partial charge in [0.2, 0.25) is 0 Å². The second-order valence-corrected chi connectivity index (χ2v) is 5.18. The van der Waals surface area contributed by atoms with Gasteiger partial charge in [0.15, 0.2) is 0 Å². The summed E-state index contributed by atoms with van der Waals surface area (Å²) in [6, 6.07) is 5.24. The second-order valence-electron chi connectivity index (χ2n) is 3.38. The van der Waals surface area contributed by atoms with E-state index in [4.69, 9.17) is 27.9 Å². The molecule has 1 rings (SSSR count). The first kappa shape index (κ1) is 13.7. The monoisotopic (exact) mass is 278 g/mol. The molecule has 16 heavy (non-hydrogen) atoms. The molecule has 0 aliphatic carbocycles. The molecule has 0 bridgehead atoms. The lowest BCUT2D eigenvalue weighted by atomic mass is 10.4. The molecular formula is C11H12Cl2O2S. The third kappa shape index (κ3) is 4.24. The van der Waals surface area contributed by atoms with Gasteiger partial charge >= 0.3 is 5.97 Å². The van der Waals surface area contributed by atoms with Crippen LogP contribution < -0.4 is 0 Å². The van der Waals surface area contributed by atoms with Crippen LogP contribution in [0.25, 0.3) is 0 Å². The summed E-state index contributed by atoms with van der Waals surface area (Å²) in [5.41, 5.74) is 0. The van der Waals surface area contributed by atoms with Gasteiger partial charge in [-0.25, -0.2) is 0 Å². The maximum atomic E-state index is 11.3. The number of rotatable bonds is 4. The van der Waals surface area contributed by atoms with Crippen LogP contribution in [-0.2, 0) is 9.53 Å². The fourth-order valence-electron chi connectivity index (χ4n) is 1.05. The van der Waals surface area contributed by atoms with E-state index >= 15 is 0 Å². The van der Waals surface area contributed by atoms with Crippen LogP contribution in [0.1, 0.15) is 13.8 Å². The summed E-state index contributed by atoms with van der Waals surface area (Å²) in [5.74, 6) is -0.0577. The average Bonchev–Trinajstić information content (AvgIpc) is 2.15. The maximum absolute atomic E-state index is 11.3. The Morgan fingerprint density at radius 2 is 1.94 bits per heavy atom. The number of carbonyl (C=O) groups excluding carboxylic acids is 1. The molecule has 0 atom stereocenters. The van der Waals surface area contributed by atoms with E-state index in [1.165, 1.54) is 11.8 Å². The van der Waals surface area contributed by atoms with Crippen molar-refractivity contribution < 1.29 is 9.53 Å². The van der Waals surface area contributed by atoms with Gasteiger partial charge < -0.3 is 4.74 Å². The van der Waals surface area contributed by atoms with Gasteiger partial charge in [-0.05, 0) is 26.0 Å². The van der Waals surface area contributed by atoms with E-state index in [-0.39, 0.29) is 17.8 Å². The zero-order valence-electron chi connectivity index (χ0n) is 9.00. The van der Waals surface area contributed by atoms with Crippen molar-refractivity contribution in [3.05, 3.63) is 28.2 Å². The molecule has 5 heteroatoms. The van der Waals surface area contributed by atoms with Crippen LogP contribution >= 0.6 is 35.0 Å². The number of esters is 1. The first-order chi connectivity index (χ1) is 7.50. The Kier molecular flexibility index (Phi) is 5.46. The highest BCUT2D eigenvalue weighted by Crippen LogP contribution is 2.33. The zero-order valence-corrected chi connectivity index (χ0v) is 11.3. The van der Waals surface area contributed by atoms with Crippen LogP contribution in [0.3, 0.4) is 0 Å². The first-order valence-electron chi connectivity index (χ1n) is 4.77. The predicted molar refractivity (Wildman–Crippen MR) is 68.4 cm³/mol. The van der Waals surface area contributed by atoms with Gasteiger partial charge in [0.1, 0.15) is 0 Å². The van der Waals surface area contributed by atoms with E-state index in [1.807, 2.05) is 13.8 Å². The number of halogens is 2. The van der Waals surface area contributed by atoms with Crippen LogP contribution in [-0.4, -0.2) is 17.8 Å². The summed E-state index contributed by atoms with van der Waals surface area (Å²) in [5, 5.41) is 1.10. The van der Waals surface area contributed by atoms with Crippen molar-refractivity contribution in [2.75, 3.05) is 5.75 Å². The summed E-state index contributed by atoms with van der Waals surface area (Å²) >= 11 is 13.2. The van der Waals surface area contributed by atoms with Gasteiger partial charge in [-0.1, -0.05) is 29.3 Å². The Bertz CT molecular complexity index is 360. The Hall–Kier alpha value is -0.380. The Morgan fingerprint density at radius 3 is 2.44 bits per heavy atom. The minimum absolute atomic E-state index is 0.102. The van der Waals surface area contributed by atoms with E-state index < -0.39 is 0 Å². The minimum atomic E-state index is -0.268. The average molecular weight is 279 g/mol. The summed E-state index contributed by atoms with van der Waals surface area (Å²) in [6.45, 7) is 3.62. The second kappa shape index (κ2) is 6.38. The van der Waals surface area contributed by atoms with Gasteiger partial charge in [-0.15, -0.1) is 11.8 Å². The van der Waals surface area contributed by atoms with Crippen molar-refractivity contribution in [1.82, 2.24) is 0 Å². The molecular weight excluding hydrogens is 267 g/mol. The smallest absolute Gasteiger partial charge is 0.316 e. The molecule has 0 aliphatic rings. The largest absolute Gasteiger partial charge is 0.462 e. The molecule has 0 aromatic heterocycles. The number of hydrogen-bond donors (Lipinski definition) is 0. The van der Waals surface area contributed by atoms with Crippen LogP contribution in [0.2, 0.25) is 10.0 Å². The molecule has 0 saturated heterocycles. The number of thioether (sulfide) groups is 1. The van der Waals surface area contributed by atoms with Gasteiger partial charge in [-0.2, -0.15) is 0 Å².